The standard InChI is InChI=1S/C12H18FNO4/c1-17-4-5-18-12-3-2-9(6-11(12)13)14-7-10(16)8-15/h2-3,6,10,14-16H,4-5,7-8H2,1H3. The lowest BCUT2D eigenvalue weighted by Gasteiger charge is -2.12. The summed E-state index contributed by atoms with van der Waals surface area (Å²) >= 11 is 0. The van der Waals surface area contributed by atoms with Gasteiger partial charge in [0, 0.05) is 25.4 Å². The molecular weight excluding hydrogens is 241 g/mol. The molecular formula is C12H18FNO4. The SMILES string of the molecule is COCCOc1ccc(NCC(O)CO)cc1F. The monoisotopic (exact) mass is 259 g/mol. The summed E-state index contributed by atoms with van der Waals surface area (Å²) in [5.41, 5.74) is 0.513. The molecule has 0 saturated carbocycles. The molecule has 0 aliphatic carbocycles. The molecule has 0 amide bonds. The van der Waals surface area contributed by atoms with E-state index in [0.29, 0.717) is 12.3 Å². The van der Waals surface area contributed by atoms with E-state index in [9.17, 15) is 4.39 Å². The van der Waals surface area contributed by atoms with Gasteiger partial charge in [-0.3, -0.25) is 0 Å². The number of nitrogens with one attached hydrogen (secondary N) is 1. The molecule has 0 heterocycles. The number of aliphatic hydroxyl groups excluding tert-OH is 2. The summed E-state index contributed by atoms with van der Waals surface area (Å²) in [6, 6.07) is 4.40. The van der Waals surface area contributed by atoms with Gasteiger partial charge in [-0.25, -0.2) is 4.39 Å². The molecule has 1 aromatic rings. The number of anilines is 1. The van der Waals surface area contributed by atoms with Crippen LogP contribution in [0.25, 0.3) is 0 Å². The van der Waals surface area contributed by atoms with Crippen molar-refractivity contribution >= 4 is 5.69 Å². The molecule has 3 N–H and O–H groups in total. The third kappa shape index (κ3) is 4.87. The highest BCUT2D eigenvalue weighted by molar-refractivity contribution is 5.47. The predicted octanol–water partition coefficient (Wildman–Crippen LogP) is 0.616. The van der Waals surface area contributed by atoms with Crippen LogP contribution in [0.1, 0.15) is 0 Å². The van der Waals surface area contributed by atoms with Crippen LogP contribution < -0.4 is 10.1 Å². The van der Waals surface area contributed by atoms with Gasteiger partial charge in [0.25, 0.3) is 0 Å². The van der Waals surface area contributed by atoms with Gasteiger partial charge in [0.2, 0.25) is 0 Å². The second-order valence-corrected chi connectivity index (χ2v) is 3.70. The number of rotatable bonds is 8. The van der Waals surface area contributed by atoms with E-state index in [-0.39, 0.29) is 25.5 Å². The van der Waals surface area contributed by atoms with Crippen molar-refractivity contribution in [1.29, 1.82) is 0 Å². The van der Waals surface area contributed by atoms with E-state index in [1.54, 1.807) is 13.2 Å². The summed E-state index contributed by atoms with van der Waals surface area (Å²) in [5.74, 6) is -0.338. The van der Waals surface area contributed by atoms with E-state index < -0.39 is 11.9 Å². The van der Waals surface area contributed by atoms with Crippen molar-refractivity contribution in [2.24, 2.45) is 0 Å². The quantitative estimate of drug-likeness (QED) is 0.597. The third-order valence-corrected chi connectivity index (χ3v) is 2.23. The van der Waals surface area contributed by atoms with Crippen molar-refractivity contribution < 1.29 is 24.1 Å². The second-order valence-electron chi connectivity index (χ2n) is 3.70. The molecule has 18 heavy (non-hydrogen) atoms. The minimum absolute atomic E-state index is 0.153. The van der Waals surface area contributed by atoms with Gasteiger partial charge in [0.15, 0.2) is 11.6 Å². The van der Waals surface area contributed by atoms with Gasteiger partial charge in [-0.1, -0.05) is 0 Å². The lowest BCUT2D eigenvalue weighted by atomic mass is 10.2. The van der Waals surface area contributed by atoms with Crippen molar-refractivity contribution in [3.8, 4) is 5.75 Å². The lowest BCUT2D eigenvalue weighted by Crippen LogP contribution is -2.22. The zero-order valence-electron chi connectivity index (χ0n) is 10.2. The molecule has 5 nitrogen and oxygen atoms in total. The molecule has 0 spiro atoms. The van der Waals surface area contributed by atoms with Gasteiger partial charge in [0.1, 0.15) is 6.61 Å². The largest absolute Gasteiger partial charge is 0.488 e. The van der Waals surface area contributed by atoms with Gasteiger partial charge >= 0.3 is 0 Å². The summed E-state index contributed by atoms with van der Waals surface area (Å²) in [4.78, 5) is 0. The first-order chi connectivity index (χ1) is 8.67. The Morgan fingerprint density at radius 2 is 2.17 bits per heavy atom. The number of ether oxygens (including phenoxy) is 2. The van der Waals surface area contributed by atoms with Gasteiger partial charge < -0.3 is 25.0 Å². The number of methoxy groups -OCH3 is 1. The maximum absolute atomic E-state index is 13.6. The van der Waals surface area contributed by atoms with Crippen LogP contribution in [-0.2, 0) is 4.74 Å². The fourth-order valence-corrected chi connectivity index (χ4v) is 1.26. The molecule has 0 fully saturated rings. The summed E-state index contributed by atoms with van der Waals surface area (Å²) in [7, 11) is 1.54. The molecule has 0 aliphatic rings. The Labute approximate surface area is 105 Å². The van der Waals surface area contributed by atoms with E-state index in [4.69, 9.17) is 19.7 Å². The fraction of sp³-hybridized carbons (Fsp3) is 0.500. The highest BCUT2D eigenvalue weighted by Gasteiger charge is 2.06. The molecule has 0 radical (unpaired) electrons. The number of hydrogen-bond acceptors (Lipinski definition) is 5. The minimum Gasteiger partial charge on any atom is -0.488 e. The number of benzene rings is 1. The number of hydrogen-bond donors (Lipinski definition) is 3. The number of halogens is 1. The van der Waals surface area contributed by atoms with Gasteiger partial charge in [-0.2, -0.15) is 0 Å². The first-order valence-corrected chi connectivity index (χ1v) is 5.61. The van der Waals surface area contributed by atoms with Crippen LogP contribution in [0.5, 0.6) is 5.75 Å². The topological polar surface area (TPSA) is 71.0 Å². The predicted molar refractivity (Wildman–Crippen MR) is 65.4 cm³/mol. The molecule has 1 unspecified atom stereocenters. The molecule has 1 rings (SSSR count). The van der Waals surface area contributed by atoms with E-state index in [0.717, 1.165) is 0 Å². The van der Waals surface area contributed by atoms with E-state index in [1.165, 1.54) is 12.1 Å². The Bertz CT molecular complexity index is 362. The lowest BCUT2D eigenvalue weighted by molar-refractivity contribution is 0.105. The molecule has 1 aromatic carbocycles. The van der Waals surface area contributed by atoms with Crippen LogP contribution >= 0.6 is 0 Å². The summed E-state index contributed by atoms with van der Waals surface area (Å²) in [6.07, 6.45) is -0.870. The maximum atomic E-state index is 13.6. The zero-order valence-corrected chi connectivity index (χ0v) is 10.2. The summed E-state index contributed by atoms with van der Waals surface area (Å²) in [6.45, 7) is 0.485. The molecule has 0 aliphatic heterocycles. The van der Waals surface area contributed by atoms with Crippen LogP contribution in [0.4, 0.5) is 10.1 Å². The van der Waals surface area contributed by atoms with Crippen molar-refractivity contribution in [2.45, 2.75) is 6.10 Å². The van der Waals surface area contributed by atoms with E-state index in [1.807, 2.05) is 0 Å². The molecule has 0 aromatic heterocycles. The third-order valence-electron chi connectivity index (χ3n) is 2.23. The summed E-state index contributed by atoms with van der Waals surface area (Å²) in [5, 5.41) is 20.6. The first-order valence-electron chi connectivity index (χ1n) is 5.61. The smallest absolute Gasteiger partial charge is 0.167 e. The Morgan fingerprint density at radius 1 is 1.39 bits per heavy atom. The minimum atomic E-state index is -0.870. The molecule has 6 heteroatoms. The summed E-state index contributed by atoms with van der Waals surface area (Å²) < 4.78 is 23.5. The average Bonchev–Trinajstić information content (AvgIpc) is 2.38. The normalized spacial score (nSPS) is 12.2. The fourth-order valence-electron chi connectivity index (χ4n) is 1.26. The van der Waals surface area contributed by atoms with Crippen molar-refractivity contribution in [3.63, 3.8) is 0 Å². The molecule has 0 bridgehead atoms. The Hall–Kier alpha value is -1.37. The van der Waals surface area contributed by atoms with Crippen molar-refractivity contribution in [2.75, 3.05) is 38.8 Å². The average molecular weight is 259 g/mol. The van der Waals surface area contributed by atoms with Crippen LogP contribution in [0, 0.1) is 5.82 Å². The highest BCUT2D eigenvalue weighted by atomic mass is 19.1. The van der Waals surface area contributed by atoms with E-state index in [2.05, 4.69) is 5.32 Å². The van der Waals surface area contributed by atoms with Gasteiger partial charge in [-0.05, 0) is 12.1 Å². The Morgan fingerprint density at radius 3 is 2.78 bits per heavy atom. The highest BCUT2D eigenvalue weighted by Crippen LogP contribution is 2.21. The number of aliphatic hydroxyl groups is 2. The van der Waals surface area contributed by atoms with Crippen LogP contribution in [0.2, 0.25) is 0 Å². The van der Waals surface area contributed by atoms with E-state index >= 15 is 0 Å². The Balaban J connectivity index is 2.50. The van der Waals surface area contributed by atoms with Crippen LogP contribution in [0.3, 0.4) is 0 Å². The van der Waals surface area contributed by atoms with Crippen molar-refractivity contribution in [1.82, 2.24) is 0 Å². The second kappa shape index (κ2) is 7.86. The van der Waals surface area contributed by atoms with Crippen LogP contribution in [-0.4, -0.2) is 49.8 Å². The van der Waals surface area contributed by atoms with Crippen molar-refractivity contribution in [3.05, 3.63) is 24.0 Å². The Kier molecular flexibility index (Phi) is 6.42. The van der Waals surface area contributed by atoms with Crippen LogP contribution in [0.15, 0.2) is 18.2 Å². The molecule has 0 saturated heterocycles. The maximum Gasteiger partial charge on any atom is 0.167 e. The first kappa shape index (κ1) is 14.7. The molecule has 1 atom stereocenters. The molecule has 102 valence electrons. The zero-order chi connectivity index (χ0) is 13.4. The van der Waals surface area contributed by atoms with Gasteiger partial charge in [0.05, 0.1) is 19.3 Å². The van der Waals surface area contributed by atoms with Gasteiger partial charge in [-0.15, -0.1) is 0 Å².